The van der Waals surface area contributed by atoms with Gasteiger partial charge < -0.3 is 0 Å². The molecule has 0 aromatic carbocycles. The molecule has 0 unspecified atom stereocenters. The zero-order valence-corrected chi connectivity index (χ0v) is 1.32. The summed E-state index contributed by atoms with van der Waals surface area (Å²) in [5.74, 6) is 0. The van der Waals surface area contributed by atoms with Crippen LogP contribution in [0.2, 0.25) is 0 Å². The summed E-state index contributed by atoms with van der Waals surface area (Å²) in [4.78, 5) is 8.12. The molecule has 0 saturated heterocycles. The molecule has 0 atom stereocenters. The Kier molecular flexibility index (Phi) is 27.1. The summed E-state index contributed by atoms with van der Waals surface area (Å²) >= 11 is 0. The summed E-state index contributed by atoms with van der Waals surface area (Å²) in [6, 6.07) is 0. The van der Waals surface area contributed by atoms with Gasteiger partial charge in [-0.25, -0.2) is 0 Å². The summed E-state index contributed by atoms with van der Waals surface area (Å²) in [5, 5.41) is 8.38. The van der Waals surface area contributed by atoms with Crippen molar-refractivity contribution in [3.63, 3.8) is 0 Å². The van der Waals surface area contributed by atoms with Crippen LogP contribution >= 0.6 is 0 Å². The third-order valence-corrected chi connectivity index (χ3v) is 0. The molecule has 0 aliphatic rings. The normalized spacial score (nSPS) is 3.00. The van der Waals surface area contributed by atoms with E-state index in [2.05, 4.69) is 0 Å². The minimum atomic E-state index is 0. The van der Waals surface area contributed by atoms with Crippen LogP contribution in [-0.2, 0) is 0 Å². The second kappa shape index (κ2) is 12.0. The maximum absolute atomic E-state index is 8.12. The Morgan fingerprint density at radius 1 is 1.75 bits per heavy atom. The van der Waals surface area contributed by atoms with Crippen molar-refractivity contribution in [3.05, 3.63) is 10.1 Å². The van der Waals surface area contributed by atoms with E-state index in [-0.39, 0.29) is 24.2 Å². The molecule has 0 aliphatic heterocycles. The fourth-order valence-electron chi connectivity index (χ4n) is 0. The molecule has 0 radical (unpaired) electrons. The molecule has 20 valence electrons. The number of hydrogen-bond acceptors (Lipinski definition) is 2. The molecule has 0 rings (SSSR count). The first-order valence-corrected chi connectivity index (χ1v) is 0.408. The molecule has 0 aromatic heterocycles. The second-order valence-electron chi connectivity index (χ2n) is 0.0833. The SMILES string of the molecule is O=[NH+][O-].[LiH]. The molecule has 0 bridgehead atoms. The third kappa shape index (κ3) is 295000. The fraction of sp³-hybridized carbons (Fsp3) is 0. The van der Waals surface area contributed by atoms with Gasteiger partial charge >= 0.3 is 18.9 Å². The van der Waals surface area contributed by atoms with E-state index in [0.717, 1.165) is 0 Å². The van der Waals surface area contributed by atoms with Crippen molar-refractivity contribution in [1.82, 2.24) is 0 Å². The van der Waals surface area contributed by atoms with Gasteiger partial charge in [0.15, 0.2) is 0 Å². The van der Waals surface area contributed by atoms with Gasteiger partial charge in [0.1, 0.15) is 0 Å². The summed E-state index contributed by atoms with van der Waals surface area (Å²) in [7, 11) is 0. The summed E-state index contributed by atoms with van der Waals surface area (Å²) in [5.41, 5.74) is 0. The Hall–Kier alpha value is -0.00260. The zero-order valence-electron chi connectivity index (χ0n) is 1.32. The van der Waals surface area contributed by atoms with Gasteiger partial charge in [0.05, 0.1) is 0 Å². The predicted molar refractivity (Wildman–Crippen MR) is 14.8 cm³/mol. The average Bonchev–Trinajstić information content (AvgIpc) is 0.918. The van der Waals surface area contributed by atoms with Crippen molar-refractivity contribution < 1.29 is 5.34 Å². The standard InChI is InChI=1S/Li.HNO2.H/c;2-1-3;/h;1H;. The van der Waals surface area contributed by atoms with Crippen LogP contribution in [0, 0.1) is 10.1 Å². The van der Waals surface area contributed by atoms with Crippen molar-refractivity contribution in [2.45, 2.75) is 0 Å². The molecule has 0 aromatic rings. The Bertz CT molecular complexity index is 13.5. The van der Waals surface area contributed by atoms with Crippen molar-refractivity contribution in [3.8, 4) is 0 Å². The van der Waals surface area contributed by atoms with Gasteiger partial charge in [-0.3, -0.25) is 10.1 Å². The van der Waals surface area contributed by atoms with E-state index >= 15 is 0 Å². The van der Waals surface area contributed by atoms with Crippen LogP contribution in [-0.4, -0.2) is 18.9 Å². The van der Waals surface area contributed by atoms with E-state index in [0.29, 0.717) is 0 Å². The molecule has 4 heavy (non-hydrogen) atoms. The first-order chi connectivity index (χ1) is 1.41. The molecule has 4 heteroatoms. The van der Waals surface area contributed by atoms with Crippen LogP contribution in [0.1, 0.15) is 0 Å². The average molecular weight is 55.0 g/mol. The maximum atomic E-state index is 8.12. The van der Waals surface area contributed by atoms with E-state index < -0.39 is 0 Å². The van der Waals surface area contributed by atoms with Crippen molar-refractivity contribution in [1.29, 1.82) is 0 Å². The Morgan fingerprint density at radius 2 is 1.75 bits per heavy atom. The molecule has 3 nitrogen and oxygen atoms in total. The molecule has 0 heterocycles. The van der Waals surface area contributed by atoms with Crippen LogP contribution in [0.25, 0.3) is 0 Å². The second-order valence-corrected chi connectivity index (χ2v) is 0.0833. The first kappa shape index (κ1) is 9.00. The summed E-state index contributed by atoms with van der Waals surface area (Å²) in [6.45, 7) is 0. The number of nitrogens with one attached hydrogen (secondary N) is 1. The van der Waals surface area contributed by atoms with E-state index in [9.17, 15) is 0 Å². The molecule has 0 spiro atoms. The van der Waals surface area contributed by atoms with Gasteiger partial charge in [-0.15, -0.1) is 0 Å². The zero-order chi connectivity index (χ0) is 2.71. The third-order valence-electron chi connectivity index (χ3n) is 0. The Labute approximate surface area is 35.1 Å². The molecule has 1 N–H and O–H groups in total. The molecular formula is H2LiNO2. The Balaban J connectivity index is 0. The van der Waals surface area contributed by atoms with Gasteiger partial charge in [-0.1, -0.05) is 0 Å². The van der Waals surface area contributed by atoms with Crippen molar-refractivity contribution >= 4 is 18.9 Å². The van der Waals surface area contributed by atoms with E-state index in [4.69, 9.17) is 10.1 Å². The van der Waals surface area contributed by atoms with Crippen LogP contribution in [0.3, 0.4) is 0 Å². The molecule has 0 aliphatic carbocycles. The molecular weight excluding hydrogens is 52.9 g/mol. The quantitative estimate of drug-likeness (QED) is 0.192. The van der Waals surface area contributed by atoms with Crippen molar-refractivity contribution in [2.75, 3.05) is 0 Å². The topological polar surface area (TPSA) is 54.1 Å². The van der Waals surface area contributed by atoms with Crippen LogP contribution < -0.4 is 5.34 Å². The fourth-order valence-corrected chi connectivity index (χ4v) is 0. The minimum absolute atomic E-state index is 0. The van der Waals surface area contributed by atoms with E-state index in [1.807, 2.05) is 0 Å². The molecule has 0 amide bonds. The Morgan fingerprint density at radius 3 is 1.75 bits per heavy atom. The van der Waals surface area contributed by atoms with Crippen LogP contribution in [0.5, 0.6) is 0 Å². The number of rotatable bonds is 0. The van der Waals surface area contributed by atoms with Crippen LogP contribution in [0.15, 0.2) is 0 Å². The van der Waals surface area contributed by atoms with Crippen LogP contribution in [0.4, 0.5) is 0 Å². The van der Waals surface area contributed by atoms with Crippen molar-refractivity contribution in [2.24, 2.45) is 0 Å². The van der Waals surface area contributed by atoms with Gasteiger partial charge in [0.25, 0.3) is 0 Å². The van der Waals surface area contributed by atoms with E-state index in [1.54, 1.807) is 0 Å². The predicted octanol–water partition coefficient (Wildman–Crippen LogP) is -2.32. The molecule has 0 fully saturated rings. The monoisotopic (exact) mass is 55.0 g/mol. The van der Waals surface area contributed by atoms with Gasteiger partial charge in [-0.05, 0) is 0 Å². The van der Waals surface area contributed by atoms with Gasteiger partial charge in [0, 0.05) is 5.34 Å². The van der Waals surface area contributed by atoms with E-state index in [1.165, 1.54) is 0 Å². The first-order valence-electron chi connectivity index (χ1n) is 0.408. The number of hydrogen-bond donors (Lipinski definition) is 1. The summed E-state index contributed by atoms with van der Waals surface area (Å²) < 4.78 is 0. The van der Waals surface area contributed by atoms with Gasteiger partial charge in [0.2, 0.25) is 0 Å². The summed E-state index contributed by atoms with van der Waals surface area (Å²) in [6.07, 6.45) is 0. The molecule has 0 saturated carbocycles. The van der Waals surface area contributed by atoms with Gasteiger partial charge in [-0.2, -0.15) is 0 Å².